The normalized spacial score (nSPS) is 21.3. The third-order valence-corrected chi connectivity index (χ3v) is 9.54. The summed E-state index contributed by atoms with van der Waals surface area (Å²) in [7, 11) is 1.41. The maximum atomic E-state index is 14.1. The molecule has 5 N–H and O–H groups in total. The maximum Gasteiger partial charge on any atom is 0.586 e. The van der Waals surface area contributed by atoms with Gasteiger partial charge in [0.25, 0.3) is 5.91 Å². The number of rotatable bonds is 10. The van der Waals surface area contributed by atoms with Gasteiger partial charge in [-0.2, -0.15) is 0 Å². The van der Waals surface area contributed by atoms with E-state index in [1.807, 2.05) is 0 Å². The lowest BCUT2D eigenvalue weighted by molar-refractivity contribution is -0.286. The quantitative estimate of drug-likeness (QED) is 0.218. The first-order chi connectivity index (χ1) is 24.3. The minimum Gasteiger partial charge on any atom is -0.494 e. The third kappa shape index (κ3) is 6.35. The second-order valence-corrected chi connectivity index (χ2v) is 13.1. The highest BCUT2D eigenvalue weighted by atomic mass is 35.5. The number of allylic oxidation sites excluding steroid dienone is 2. The van der Waals surface area contributed by atoms with Crippen molar-refractivity contribution in [2.24, 2.45) is 5.73 Å². The summed E-state index contributed by atoms with van der Waals surface area (Å²) in [5.41, 5.74) is 6.78. The summed E-state index contributed by atoms with van der Waals surface area (Å²) >= 11 is 6.63. The van der Waals surface area contributed by atoms with Gasteiger partial charge in [0.15, 0.2) is 11.5 Å². The van der Waals surface area contributed by atoms with Crippen LogP contribution in [-0.2, 0) is 19.7 Å². The molecule has 2 atom stereocenters. The summed E-state index contributed by atoms with van der Waals surface area (Å²) in [6, 6.07) is 10.2. The number of alkyl halides is 2. The Kier molecular flexibility index (Phi) is 8.44. The van der Waals surface area contributed by atoms with E-state index >= 15 is 0 Å². The summed E-state index contributed by atoms with van der Waals surface area (Å²) in [5, 5.41) is 14.4. The van der Waals surface area contributed by atoms with Crippen LogP contribution in [0.4, 0.5) is 13.2 Å². The maximum absolute atomic E-state index is 14.1. The smallest absolute Gasteiger partial charge is 0.494 e. The van der Waals surface area contributed by atoms with E-state index in [4.69, 9.17) is 37.2 Å². The van der Waals surface area contributed by atoms with Gasteiger partial charge in [-0.25, -0.2) is 9.37 Å². The standard InChI is InChI=1S/C36H31ClF3N5O6/c1-35(34(42)47)16-49-31-24(35)13-25(45-30(31)22-9-10-26-32(28(22)37)51-36(39,40)50-26)23(17-3-5-20(38)6-4-17)15-44-33(46)18-11-19(14-43-21-7-8-21)29(41)27(12-18)48-2/h3-6,9-14,21,23,41,43H,7-8,15-16H2,1-2H3,(H2,42,47)(H,44,46)/b19-14-,41-29?/t23-,35-/m0/s1. The van der Waals surface area contributed by atoms with E-state index in [0.717, 1.165) is 12.8 Å². The number of amides is 2. The largest absolute Gasteiger partial charge is 0.586 e. The van der Waals surface area contributed by atoms with Crippen LogP contribution >= 0.6 is 11.6 Å². The molecule has 3 heterocycles. The number of benzene rings is 2. The van der Waals surface area contributed by atoms with E-state index in [1.54, 1.807) is 25.3 Å². The Hall–Kier alpha value is -5.50. The van der Waals surface area contributed by atoms with Gasteiger partial charge in [0.2, 0.25) is 5.91 Å². The molecule has 7 rings (SSSR count). The molecule has 0 spiro atoms. The van der Waals surface area contributed by atoms with Crippen molar-refractivity contribution >= 4 is 29.1 Å². The van der Waals surface area contributed by atoms with Crippen molar-refractivity contribution in [2.45, 2.75) is 43.4 Å². The molecule has 0 saturated heterocycles. The number of nitrogens with one attached hydrogen (secondary N) is 3. The van der Waals surface area contributed by atoms with Crippen molar-refractivity contribution in [1.82, 2.24) is 15.6 Å². The number of halogens is 4. The van der Waals surface area contributed by atoms with E-state index in [9.17, 15) is 22.8 Å². The first-order valence-corrected chi connectivity index (χ1v) is 16.3. The van der Waals surface area contributed by atoms with Gasteiger partial charge < -0.3 is 35.3 Å². The van der Waals surface area contributed by atoms with Crippen molar-refractivity contribution in [3.8, 4) is 28.5 Å². The van der Waals surface area contributed by atoms with Crippen molar-refractivity contribution in [2.75, 3.05) is 20.3 Å². The first-order valence-electron chi connectivity index (χ1n) is 15.9. The summed E-state index contributed by atoms with van der Waals surface area (Å²) in [6.45, 7) is 1.38. The predicted octanol–water partition coefficient (Wildman–Crippen LogP) is 5.37. The average Bonchev–Trinajstić information content (AvgIpc) is 3.78. The topological polar surface area (TPSA) is 158 Å². The number of primary amides is 1. The first kappa shape index (κ1) is 34.0. The van der Waals surface area contributed by atoms with Crippen LogP contribution in [-0.4, -0.2) is 55.1 Å². The van der Waals surface area contributed by atoms with Gasteiger partial charge in [-0.05, 0) is 67.8 Å². The molecule has 264 valence electrons. The Morgan fingerprint density at radius 2 is 1.90 bits per heavy atom. The zero-order valence-corrected chi connectivity index (χ0v) is 28.0. The molecule has 2 aromatic carbocycles. The predicted molar refractivity (Wildman–Crippen MR) is 179 cm³/mol. The highest BCUT2D eigenvalue weighted by Crippen LogP contribution is 2.52. The molecule has 3 aromatic rings. The molecule has 1 saturated carbocycles. The minimum absolute atomic E-state index is 0.0742. The number of hydrogen-bond acceptors (Lipinski definition) is 9. The summed E-state index contributed by atoms with van der Waals surface area (Å²) in [4.78, 5) is 31.4. The SMILES string of the molecule is COC1=CC(C(=O)NC[C@@H](c2ccc(F)cc2)c2cc3c(c(-c4ccc5c(c4Cl)OC(F)(F)O5)n2)OC[C@]3(C)C(N)=O)=C/C(=C/NC2CC2)C1=N. The van der Waals surface area contributed by atoms with Gasteiger partial charge in [0.05, 0.1) is 17.8 Å². The highest BCUT2D eigenvalue weighted by Gasteiger charge is 2.47. The number of carbonyl (C=O) groups excluding carboxylic acids is 2. The Bertz CT molecular complexity index is 2080. The van der Waals surface area contributed by atoms with Crippen molar-refractivity contribution in [3.05, 3.63) is 105 Å². The van der Waals surface area contributed by atoms with Gasteiger partial charge in [-0.15, -0.1) is 8.78 Å². The van der Waals surface area contributed by atoms with Crippen LogP contribution in [0.15, 0.2) is 77.7 Å². The number of ether oxygens (including phenoxy) is 4. The van der Waals surface area contributed by atoms with Crippen LogP contribution < -0.4 is 30.6 Å². The zero-order chi connectivity index (χ0) is 36.2. The molecule has 0 unspecified atom stereocenters. The van der Waals surface area contributed by atoms with Gasteiger partial charge in [0, 0.05) is 47.0 Å². The Labute approximate surface area is 294 Å². The molecule has 51 heavy (non-hydrogen) atoms. The Morgan fingerprint density at radius 3 is 2.59 bits per heavy atom. The Morgan fingerprint density at radius 1 is 1.16 bits per heavy atom. The summed E-state index contributed by atoms with van der Waals surface area (Å²) in [6.07, 6.45) is 2.83. The average molecular weight is 722 g/mol. The number of carbonyl (C=O) groups is 2. The fourth-order valence-corrected chi connectivity index (χ4v) is 6.30. The van der Waals surface area contributed by atoms with E-state index in [2.05, 4.69) is 20.1 Å². The Balaban J connectivity index is 1.30. The second kappa shape index (κ2) is 12.7. The molecule has 2 amide bonds. The monoisotopic (exact) mass is 721 g/mol. The lowest BCUT2D eigenvalue weighted by Gasteiger charge is -2.23. The molecule has 0 radical (unpaired) electrons. The molecule has 1 aromatic heterocycles. The summed E-state index contributed by atoms with van der Waals surface area (Å²) < 4.78 is 62.7. The fourth-order valence-electron chi connectivity index (χ4n) is 6.02. The molecular formula is C36H31ClF3N5O6. The van der Waals surface area contributed by atoms with E-state index in [1.165, 1.54) is 49.6 Å². The van der Waals surface area contributed by atoms with Crippen LogP contribution in [0.25, 0.3) is 11.3 Å². The number of nitrogens with two attached hydrogens (primary N) is 1. The fraction of sp³-hybridized carbons (Fsp3) is 0.278. The van der Waals surface area contributed by atoms with Gasteiger partial charge in [-0.1, -0.05) is 23.7 Å². The lowest BCUT2D eigenvalue weighted by Crippen LogP contribution is -2.40. The van der Waals surface area contributed by atoms with E-state index in [-0.39, 0.29) is 58.0 Å². The molecule has 1 fully saturated rings. The number of nitrogens with zero attached hydrogens (tertiary/aromatic N) is 1. The van der Waals surface area contributed by atoms with Crippen molar-refractivity contribution in [3.63, 3.8) is 0 Å². The van der Waals surface area contributed by atoms with Gasteiger partial charge in [-0.3, -0.25) is 15.0 Å². The number of pyridine rings is 1. The second-order valence-electron chi connectivity index (χ2n) is 12.7. The molecular weight excluding hydrogens is 691 g/mol. The lowest BCUT2D eigenvalue weighted by atomic mass is 9.81. The van der Waals surface area contributed by atoms with E-state index < -0.39 is 41.0 Å². The van der Waals surface area contributed by atoms with Crippen LogP contribution in [0, 0.1) is 11.2 Å². The number of fused-ring (bicyclic) bond motifs is 2. The minimum atomic E-state index is -3.94. The van der Waals surface area contributed by atoms with Crippen LogP contribution in [0.1, 0.15) is 42.5 Å². The number of methoxy groups -OCH3 is 1. The molecule has 2 aliphatic carbocycles. The van der Waals surface area contributed by atoms with Crippen molar-refractivity contribution in [1.29, 1.82) is 5.41 Å². The van der Waals surface area contributed by atoms with Gasteiger partial charge in [0.1, 0.15) is 40.8 Å². The van der Waals surface area contributed by atoms with Gasteiger partial charge >= 0.3 is 6.29 Å². The van der Waals surface area contributed by atoms with Crippen LogP contribution in [0.3, 0.4) is 0 Å². The number of hydrogen-bond donors (Lipinski definition) is 4. The third-order valence-electron chi connectivity index (χ3n) is 9.16. The number of aromatic nitrogens is 1. The molecule has 4 aliphatic rings. The summed E-state index contributed by atoms with van der Waals surface area (Å²) in [5.74, 6) is -2.76. The molecule has 2 aliphatic heterocycles. The molecule has 15 heteroatoms. The van der Waals surface area contributed by atoms with E-state index in [0.29, 0.717) is 28.4 Å². The zero-order valence-electron chi connectivity index (χ0n) is 27.2. The van der Waals surface area contributed by atoms with Crippen LogP contribution in [0.5, 0.6) is 17.2 Å². The molecule has 11 nitrogen and oxygen atoms in total. The highest BCUT2D eigenvalue weighted by molar-refractivity contribution is 6.35. The van der Waals surface area contributed by atoms with Crippen LogP contribution in [0.2, 0.25) is 5.02 Å². The molecule has 0 bridgehead atoms. The van der Waals surface area contributed by atoms with Crippen molar-refractivity contribution < 1.29 is 41.7 Å².